The van der Waals surface area contributed by atoms with E-state index >= 15 is 0 Å². The van der Waals surface area contributed by atoms with Gasteiger partial charge in [-0.15, -0.1) is 11.3 Å². The van der Waals surface area contributed by atoms with Crippen LogP contribution in [-0.2, 0) is 21.9 Å². The molecule has 102 valence electrons. The average molecular weight is 302 g/mol. The Labute approximate surface area is 113 Å². The van der Waals surface area contributed by atoms with Crippen molar-refractivity contribution in [1.82, 2.24) is 9.55 Å². The maximum Gasteiger partial charge on any atom is 0.358 e. The van der Waals surface area contributed by atoms with E-state index in [0.717, 1.165) is 11.3 Å². The van der Waals surface area contributed by atoms with Crippen LogP contribution in [0.15, 0.2) is 29.0 Å². The largest absolute Gasteiger partial charge is 0.465 e. The lowest BCUT2D eigenvalue weighted by Gasteiger charge is -2.04. The van der Waals surface area contributed by atoms with E-state index in [-0.39, 0.29) is 15.7 Å². The summed E-state index contributed by atoms with van der Waals surface area (Å²) in [5.41, 5.74) is 0. The SMILES string of the molecule is COC(=O)c1sccc1OS(=O)(=O)c1cn(C)cn1. The number of carbonyl (C=O) groups excluding carboxylic acids is 1. The van der Waals surface area contributed by atoms with Crippen molar-refractivity contribution in [3.63, 3.8) is 0 Å². The Balaban J connectivity index is 2.31. The second kappa shape index (κ2) is 5.02. The highest BCUT2D eigenvalue weighted by molar-refractivity contribution is 7.87. The Hall–Kier alpha value is -1.87. The molecule has 0 N–H and O–H groups in total. The van der Waals surface area contributed by atoms with Crippen LogP contribution in [0, 0.1) is 0 Å². The molecule has 0 bridgehead atoms. The maximum absolute atomic E-state index is 11.9. The first-order chi connectivity index (χ1) is 8.94. The van der Waals surface area contributed by atoms with Crippen LogP contribution in [0.5, 0.6) is 5.75 Å². The molecule has 0 fully saturated rings. The lowest BCUT2D eigenvalue weighted by molar-refractivity contribution is 0.0604. The minimum Gasteiger partial charge on any atom is -0.465 e. The normalized spacial score (nSPS) is 11.3. The summed E-state index contributed by atoms with van der Waals surface area (Å²) >= 11 is 1.03. The zero-order chi connectivity index (χ0) is 14.0. The highest BCUT2D eigenvalue weighted by atomic mass is 32.2. The van der Waals surface area contributed by atoms with Gasteiger partial charge in [0.15, 0.2) is 10.6 Å². The fourth-order valence-electron chi connectivity index (χ4n) is 1.28. The summed E-state index contributed by atoms with van der Waals surface area (Å²) in [6.45, 7) is 0. The lowest BCUT2D eigenvalue weighted by Crippen LogP contribution is -2.12. The van der Waals surface area contributed by atoms with Crippen molar-refractivity contribution in [2.24, 2.45) is 7.05 Å². The highest BCUT2D eigenvalue weighted by Gasteiger charge is 2.24. The number of aromatic nitrogens is 2. The fraction of sp³-hybridized carbons (Fsp3) is 0.200. The first-order valence-electron chi connectivity index (χ1n) is 5.02. The fourth-order valence-corrected chi connectivity index (χ4v) is 3.00. The van der Waals surface area contributed by atoms with E-state index < -0.39 is 16.1 Å². The van der Waals surface area contributed by atoms with Gasteiger partial charge in [-0.25, -0.2) is 9.78 Å². The van der Waals surface area contributed by atoms with Gasteiger partial charge in [-0.3, -0.25) is 0 Å². The average Bonchev–Trinajstić information content (AvgIpc) is 2.97. The molecule has 0 unspecified atom stereocenters. The number of rotatable bonds is 4. The molecule has 0 saturated heterocycles. The molecule has 7 nitrogen and oxygen atoms in total. The first kappa shape index (κ1) is 13.6. The Morgan fingerprint density at radius 3 is 2.79 bits per heavy atom. The summed E-state index contributed by atoms with van der Waals surface area (Å²) in [7, 11) is -1.22. The van der Waals surface area contributed by atoms with Crippen molar-refractivity contribution in [2.75, 3.05) is 7.11 Å². The van der Waals surface area contributed by atoms with Crippen LogP contribution in [0.3, 0.4) is 0 Å². The van der Waals surface area contributed by atoms with Crippen LogP contribution < -0.4 is 4.18 Å². The van der Waals surface area contributed by atoms with Gasteiger partial charge in [0, 0.05) is 13.2 Å². The van der Waals surface area contributed by atoms with Gasteiger partial charge in [0.25, 0.3) is 0 Å². The number of carbonyl (C=O) groups is 1. The van der Waals surface area contributed by atoms with E-state index in [2.05, 4.69) is 9.72 Å². The Kier molecular flexibility index (Phi) is 3.58. The van der Waals surface area contributed by atoms with E-state index in [1.165, 1.54) is 35.6 Å². The van der Waals surface area contributed by atoms with Crippen LogP contribution in [0.25, 0.3) is 0 Å². The summed E-state index contributed by atoms with van der Waals surface area (Å²) in [4.78, 5) is 15.2. The molecule has 0 atom stereocenters. The minimum absolute atomic E-state index is 0.0671. The monoisotopic (exact) mass is 302 g/mol. The second-order valence-electron chi connectivity index (χ2n) is 3.52. The summed E-state index contributed by atoms with van der Waals surface area (Å²) in [6.07, 6.45) is 2.64. The Morgan fingerprint density at radius 2 is 2.21 bits per heavy atom. The minimum atomic E-state index is -4.06. The third-order valence-electron chi connectivity index (χ3n) is 2.14. The van der Waals surface area contributed by atoms with Crippen molar-refractivity contribution >= 4 is 27.4 Å². The topological polar surface area (TPSA) is 87.5 Å². The van der Waals surface area contributed by atoms with Gasteiger partial charge >= 0.3 is 16.1 Å². The first-order valence-corrected chi connectivity index (χ1v) is 7.31. The predicted molar refractivity (Wildman–Crippen MR) is 66.7 cm³/mol. The number of ether oxygens (including phenoxy) is 1. The van der Waals surface area contributed by atoms with Gasteiger partial charge in [0.2, 0.25) is 5.03 Å². The van der Waals surface area contributed by atoms with Crippen molar-refractivity contribution < 1.29 is 22.1 Å². The molecule has 2 aromatic heterocycles. The molecule has 19 heavy (non-hydrogen) atoms. The standard InChI is InChI=1S/C10H10N2O5S2/c1-12-5-8(11-6-12)19(14,15)17-7-3-4-18-9(7)10(13)16-2/h3-6H,1-2H3. The van der Waals surface area contributed by atoms with E-state index in [4.69, 9.17) is 4.18 Å². The van der Waals surface area contributed by atoms with Gasteiger partial charge in [-0.2, -0.15) is 8.42 Å². The summed E-state index contributed by atoms with van der Waals surface area (Å²) in [5.74, 6) is -0.719. The molecule has 2 rings (SSSR count). The molecular weight excluding hydrogens is 292 g/mol. The summed E-state index contributed by atoms with van der Waals surface area (Å²) in [5, 5.41) is 1.31. The van der Waals surface area contributed by atoms with Gasteiger partial charge in [-0.1, -0.05) is 0 Å². The van der Waals surface area contributed by atoms with Gasteiger partial charge in [0.1, 0.15) is 0 Å². The van der Waals surface area contributed by atoms with Crippen LogP contribution in [0.4, 0.5) is 0 Å². The van der Waals surface area contributed by atoms with Crippen molar-refractivity contribution in [3.8, 4) is 5.75 Å². The molecule has 9 heteroatoms. The molecule has 0 aliphatic heterocycles. The van der Waals surface area contributed by atoms with Crippen molar-refractivity contribution in [3.05, 3.63) is 28.8 Å². The van der Waals surface area contributed by atoms with E-state index in [1.54, 1.807) is 7.05 Å². The number of methoxy groups -OCH3 is 1. The second-order valence-corrected chi connectivity index (χ2v) is 5.93. The van der Waals surface area contributed by atoms with Crippen LogP contribution in [0.1, 0.15) is 9.67 Å². The third kappa shape index (κ3) is 2.76. The quantitative estimate of drug-likeness (QED) is 0.619. The van der Waals surface area contributed by atoms with Gasteiger partial charge in [-0.05, 0) is 11.4 Å². The molecule has 0 aliphatic rings. The van der Waals surface area contributed by atoms with Crippen LogP contribution in [0.2, 0.25) is 0 Å². The molecule has 0 aliphatic carbocycles. The smallest absolute Gasteiger partial charge is 0.358 e. The van der Waals surface area contributed by atoms with Crippen LogP contribution >= 0.6 is 11.3 Å². The molecule has 0 aromatic carbocycles. The van der Waals surface area contributed by atoms with Crippen LogP contribution in [-0.4, -0.2) is 31.0 Å². The van der Waals surface area contributed by atoms with E-state index in [9.17, 15) is 13.2 Å². The number of nitrogens with zero attached hydrogens (tertiary/aromatic N) is 2. The zero-order valence-corrected chi connectivity index (χ0v) is 11.7. The van der Waals surface area contributed by atoms with Crippen molar-refractivity contribution in [1.29, 1.82) is 0 Å². The third-order valence-corrected chi connectivity index (χ3v) is 4.13. The van der Waals surface area contributed by atoms with E-state index in [1.807, 2.05) is 0 Å². The lowest BCUT2D eigenvalue weighted by atomic mass is 10.4. The number of hydrogen-bond donors (Lipinski definition) is 0. The molecule has 0 spiro atoms. The highest BCUT2D eigenvalue weighted by Crippen LogP contribution is 2.28. The predicted octanol–water partition coefficient (Wildman–Crippen LogP) is 1.04. The Bertz CT molecular complexity index is 701. The zero-order valence-electron chi connectivity index (χ0n) is 10.1. The molecule has 0 saturated carbocycles. The van der Waals surface area contributed by atoms with Gasteiger partial charge in [0.05, 0.1) is 13.4 Å². The van der Waals surface area contributed by atoms with Gasteiger partial charge < -0.3 is 13.5 Å². The maximum atomic E-state index is 11.9. The molecule has 0 radical (unpaired) electrons. The summed E-state index contributed by atoms with van der Waals surface area (Å²) < 4.78 is 34.8. The van der Waals surface area contributed by atoms with Crippen molar-refractivity contribution in [2.45, 2.75) is 5.03 Å². The molecule has 2 heterocycles. The number of imidazole rings is 1. The molecule has 0 amide bonds. The molecular formula is C10H10N2O5S2. The Morgan fingerprint density at radius 1 is 1.47 bits per heavy atom. The summed E-state index contributed by atoms with van der Waals surface area (Å²) in [6, 6.07) is 1.39. The number of thiophene rings is 1. The van der Waals surface area contributed by atoms with E-state index in [0.29, 0.717) is 0 Å². The number of aryl methyl sites for hydroxylation is 1. The number of esters is 1. The molecule has 2 aromatic rings. The number of hydrogen-bond acceptors (Lipinski definition) is 7.